The molecule has 0 aliphatic carbocycles. The van der Waals surface area contributed by atoms with Gasteiger partial charge in [0.15, 0.2) is 0 Å². The minimum atomic E-state index is 0.734. The fourth-order valence-electron chi connectivity index (χ4n) is 1.32. The van der Waals surface area contributed by atoms with Crippen molar-refractivity contribution < 1.29 is 4.79 Å². The molecule has 1 aromatic rings. The van der Waals surface area contributed by atoms with E-state index in [0.717, 1.165) is 28.0 Å². The molecule has 0 amide bonds. The third kappa shape index (κ3) is 2.43. The molecule has 0 atom stereocenters. The Bertz CT molecular complexity index is 330. The lowest BCUT2D eigenvalue weighted by Crippen LogP contribution is -1.86. The van der Waals surface area contributed by atoms with Crippen LogP contribution in [0.1, 0.15) is 16.7 Å². The van der Waals surface area contributed by atoms with Crippen molar-refractivity contribution in [1.29, 1.82) is 0 Å². The summed E-state index contributed by atoms with van der Waals surface area (Å²) in [5, 5.41) is 0.734. The van der Waals surface area contributed by atoms with E-state index in [1.165, 1.54) is 6.08 Å². The molecule has 0 bridgehead atoms. The molecule has 0 unspecified atom stereocenters. The zero-order valence-electron chi connectivity index (χ0n) is 7.67. The van der Waals surface area contributed by atoms with Gasteiger partial charge in [0.05, 0.1) is 0 Å². The van der Waals surface area contributed by atoms with Crippen molar-refractivity contribution in [2.24, 2.45) is 0 Å². The van der Waals surface area contributed by atoms with Gasteiger partial charge in [-0.15, -0.1) is 0 Å². The Hall–Kier alpha value is -1.08. The van der Waals surface area contributed by atoms with Crippen molar-refractivity contribution in [3.05, 3.63) is 39.9 Å². The smallest absolute Gasteiger partial charge is 0.142 e. The highest BCUT2D eigenvalue weighted by molar-refractivity contribution is 6.30. The fraction of sp³-hybridized carbons (Fsp3) is 0.182. The molecular formula is C11H11ClO. The first-order chi connectivity index (χ1) is 6.15. The van der Waals surface area contributed by atoms with E-state index in [9.17, 15) is 4.79 Å². The second kappa shape index (κ2) is 4.24. The van der Waals surface area contributed by atoms with Gasteiger partial charge in [0.2, 0.25) is 0 Å². The molecule has 0 radical (unpaired) electrons. The summed E-state index contributed by atoms with van der Waals surface area (Å²) in [6, 6.07) is 3.78. The molecule has 0 heterocycles. The van der Waals surface area contributed by atoms with Crippen molar-refractivity contribution in [1.82, 2.24) is 0 Å². The molecule has 2 heteroatoms. The van der Waals surface area contributed by atoms with Gasteiger partial charge in [0.1, 0.15) is 6.29 Å². The number of carbonyl (C=O) groups excluding carboxylic acids is 1. The zero-order valence-corrected chi connectivity index (χ0v) is 8.43. The lowest BCUT2D eigenvalue weighted by Gasteiger charge is -2.05. The van der Waals surface area contributed by atoms with E-state index in [4.69, 9.17) is 11.6 Å². The average molecular weight is 195 g/mol. The Kier molecular flexibility index (Phi) is 3.26. The maximum atomic E-state index is 10.2. The van der Waals surface area contributed by atoms with E-state index in [2.05, 4.69) is 0 Å². The van der Waals surface area contributed by atoms with Crippen molar-refractivity contribution in [2.75, 3.05) is 0 Å². The lowest BCUT2D eigenvalue weighted by molar-refractivity contribution is -0.104. The molecule has 1 rings (SSSR count). The van der Waals surface area contributed by atoms with Gasteiger partial charge in [0.25, 0.3) is 0 Å². The summed E-state index contributed by atoms with van der Waals surface area (Å²) in [5.41, 5.74) is 3.24. The number of carbonyl (C=O) groups is 1. The molecule has 0 saturated heterocycles. The van der Waals surface area contributed by atoms with E-state index < -0.39 is 0 Å². The van der Waals surface area contributed by atoms with Crippen LogP contribution in [0, 0.1) is 13.8 Å². The Balaban J connectivity index is 3.20. The normalized spacial score (nSPS) is 10.7. The van der Waals surface area contributed by atoms with Crippen molar-refractivity contribution in [2.45, 2.75) is 13.8 Å². The molecular weight excluding hydrogens is 184 g/mol. The number of aldehydes is 1. The predicted molar refractivity (Wildman–Crippen MR) is 56.0 cm³/mol. The van der Waals surface area contributed by atoms with Crippen LogP contribution in [0.15, 0.2) is 18.2 Å². The van der Waals surface area contributed by atoms with Crippen LogP contribution >= 0.6 is 11.6 Å². The number of benzene rings is 1. The highest BCUT2D eigenvalue weighted by Gasteiger charge is 2.00. The minimum Gasteiger partial charge on any atom is -0.299 e. The van der Waals surface area contributed by atoms with Crippen molar-refractivity contribution >= 4 is 24.0 Å². The lowest BCUT2D eigenvalue weighted by atomic mass is 10.0. The summed E-state index contributed by atoms with van der Waals surface area (Å²) in [5.74, 6) is 0. The number of rotatable bonds is 2. The summed E-state index contributed by atoms with van der Waals surface area (Å²) in [6.07, 6.45) is 4.06. The van der Waals surface area contributed by atoms with Crippen LogP contribution in [-0.4, -0.2) is 6.29 Å². The molecule has 0 aliphatic rings. The van der Waals surface area contributed by atoms with Crippen LogP contribution in [0.5, 0.6) is 0 Å². The molecule has 0 aliphatic heterocycles. The van der Waals surface area contributed by atoms with Gasteiger partial charge in [-0.05, 0) is 48.7 Å². The van der Waals surface area contributed by atoms with Crippen molar-refractivity contribution in [3.8, 4) is 0 Å². The molecule has 0 aromatic heterocycles. The van der Waals surface area contributed by atoms with E-state index in [1.807, 2.05) is 26.0 Å². The summed E-state index contributed by atoms with van der Waals surface area (Å²) in [6.45, 7) is 3.95. The zero-order chi connectivity index (χ0) is 9.84. The molecule has 1 nitrogen and oxygen atoms in total. The van der Waals surface area contributed by atoms with E-state index in [1.54, 1.807) is 6.08 Å². The van der Waals surface area contributed by atoms with Crippen LogP contribution in [0.4, 0.5) is 0 Å². The standard InChI is InChI=1S/C11H11ClO/c1-8-6-10(12)7-9(2)11(8)4-3-5-13/h3-7H,1-2H3. The van der Waals surface area contributed by atoms with Gasteiger partial charge in [-0.3, -0.25) is 4.79 Å². The molecule has 1 aromatic carbocycles. The second-order valence-electron chi connectivity index (χ2n) is 2.95. The molecule has 68 valence electrons. The topological polar surface area (TPSA) is 17.1 Å². The van der Waals surface area contributed by atoms with Gasteiger partial charge >= 0.3 is 0 Å². The summed E-state index contributed by atoms with van der Waals surface area (Å²) >= 11 is 5.86. The first kappa shape index (κ1) is 10.0. The fourth-order valence-corrected chi connectivity index (χ4v) is 1.65. The first-order valence-electron chi connectivity index (χ1n) is 4.03. The highest BCUT2D eigenvalue weighted by Crippen LogP contribution is 2.20. The van der Waals surface area contributed by atoms with E-state index >= 15 is 0 Å². The monoisotopic (exact) mass is 194 g/mol. The van der Waals surface area contributed by atoms with Crippen LogP contribution in [0.2, 0.25) is 5.02 Å². The Morgan fingerprint density at radius 2 is 1.77 bits per heavy atom. The van der Waals surface area contributed by atoms with Crippen LogP contribution in [0.3, 0.4) is 0 Å². The predicted octanol–water partition coefficient (Wildman–Crippen LogP) is 3.17. The second-order valence-corrected chi connectivity index (χ2v) is 3.38. The number of allylic oxidation sites excluding steroid dienone is 1. The molecule has 0 fully saturated rings. The Labute approximate surface area is 83.0 Å². The quantitative estimate of drug-likeness (QED) is 0.522. The maximum absolute atomic E-state index is 10.2. The Morgan fingerprint density at radius 3 is 2.23 bits per heavy atom. The molecule has 0 saturated carbocycles. The van der Waals surface area contributed by atoms with Crippen LogP contribution < -0.4 is 0 Å². The van der Waals surface area contributed by atoms with Crippen LogP contribution in [-0.2, 0) is 4.79 Å². The first-order valence-corrected chi connectivity index (χ1v) is 4.41. The van der Waals surface area contributed by atoms with E-state index in [0.29, 0.717) is 0 Å². The number of aryl methyl sites for hydroxylation is 2. The van der Waals surface area contributed by atoms with Gasteiger partial charge in [0, 0.05) is 5.02 Å². The summed E-state index contributed by atoms with van der Waals surface area (Å²) < 4.78 is 0. The van der Waals surface area contributed by atoms with Gasteiger partial charge < -0.3 is 0 Å². The average Bonchev–Trinajstić information content (AvgIpc) is 2.02. The third-order valence-corrected chi connectivity index (χ3v) is 2.12. The van der Waals surface area contributed by atoms with Gasteiger partial charge in [-0.25, -0.2) is 0 Å². The maximum Gasteiger partial charge on any atom is 0.142 e. The summed E-state index contributed by atoms with van der Waals surface area (Å²) in [4.78, 5) is 10.2. The SMILES string of the molecule is Cc1cc(Cl)cc(C)c1C=CC=O. The number of halogens is 1. The largest absolute Gasteiger partial charge is 0.299 e. The van der Waals surface area contributed by atoms with Gasteiger partial charge in [-0.2, -0.15) is 0 Å². The molecule has 13 heavy (non-hydrogen) atoms. The number of hydrogen-bond acceptors (Lipinski definition) is 1. The van der Waals surface area contributed by atoms with Gasteiger partial charge in [-0.1, -0.05) is 17.7 Å². The van der Waals surface area contributed by atoms with Crippen LogP contribution in [0.25, 0.3) is 6.08 Å². The summed E-state index contributed by atoms with van der Waals surface area (Å²) in [7, 11) is 0. The van der Waals surface area contributed by atoms with E-state index in [-0.39, 0.29) is 0 Å². The molecule has 0 N–H and O–H groups in total. The highest BCUT2D eigenvalue weighted by atomic mass is 35.5. The minimum absolute atomic E-state index is 0.734. The third-order valence-electron chi connectivity index (χ3n) is 1.90. The Morgan fingerprint density at radius 1 is 1.23 bits per heavy atom. The van der Waals surface area contributed by atoms with Crippen molar-refractivity contribution in [3.63, 3.8) is 0 Å². The molecule has 0 spiro atoms. The number of hydrogen-bond donors (Lipinski definition) is 0.